The molecule has 0 saturated carbocycles. The topological polar surface area (TPSA) is 75.6 Å². The molecule has 2 fully saturated rings. The Morgan fingerprint density at radius 2 is 1.24 bits per heavy atom. The van der Waals surface area contributed by atoms with Gasteiger partial charge in [-0.1, -0.05) is 91.0 Å². The zero-order valence-electron chi connectivity index (χ0n) is 24.0. The third-order valence-electron chi connectivity index (χ3n) is 7.56. The van der Waals surface area contributed by atoms with Crippen molar-refractivity contribution in [1.29, 1.82) is 0 Å². The minimum Gasteiger partial charge on any atom is -0.388 e. The summed E-state index contributed by atoms with van der Waals surface area (Å²) >= 11 is 0. The van der Waals surface area contributed by atoms with Gasteiger partial charge in [-0.3, -0.25) is 0 Å². The van der Waals surface area contributed by atoms with E-state index in [1.807, 2.05) is 105 Å². The van der Waals surface area contributed by atoms with Gasteiger partial charge in [-0.05, 0) is 43.4 Å². The SMILES string of the molecule is CC1(C)OC[C@H](CC[C@@H]2O[C@H](COCc3ccccc3)[C@@H](OCc3ccccc3)[C@H](OCc3ccccc3)[C@H]2O)O1. The Morgan fingerprint density at radius 1 is 0.707 bits per heavy atom. The first-order valence-electron chi connectivity index (χ1n) is 14.5. The van der Waals surface area contributed by atoms with E-state index < -0.39 is 36.3 Å². The smallest absolute Gasteiger partial charge is 0.163 e. The number of benzene rings is 3. The van der Waals surface area contributed by atoms with Crippen LogP contribution in [0.25, 0.3) is 0 Å². The lowest BCUT2D eigenvalue weighted by atomic mass is 9.91. The van der Waals surface area contributed by atoms with Gasteiger partial charge in [0.2, 0.25) is 0 Å². The van der Waals surface area contributed by atoms with Crippen LogP contribution in [0.15, 0.2) is 91.0 Å². The predicted octanol–water partition coefficient (Wildman–Crippen LogP) is 5.43. The van der Waals surface area contributed by atoms with E-state index in [0.29, 0.717) is 45.9 Å². The molecule has 2 aliphatic heterocycles. The zero-order valence-corrected chi connectivity index (χ0v) is 24.0. The number of aliphatic hydroxyl groups is 1. The lowest BCUT2D eigenvalue weighted by molar-refractivity contribution is -0.262. The minimum absolute atomic E-state index is 0.0516. The molecule has 3 aromatic carbocycles. The number of aliphatic hydroxyl groups excluding tert-OH is 1. The number of hydrogen-bond acceptors (Lipinski definition) is 7. The van der Waals surface area contributed by atoms with Crippen molar-refractivity contribution in [2.24, 2.45) is 0 Å². The van der Waals surface area contributed by atoms with Gasteiger partial charge in [0.15, 0.2) is 5.79 Å². The summed E-state index contributed by atoms with van der Waals surface area (Å²) < 4.78 is 37.4. The molecule has 6 atom stereocenters. The van der Waals surface area contributed by atoms with E-state index in [0.717, 1.165) is 16.7 Å². The van der Waals surface area contributed by atoms with Crippen molar-refractivity contribution < 1.29 is 33.5 Å². The molecule has 0 radical (unpaired) electrons. The highest BCUT2D eigenvalue weighted by Crippen LogP contribution is 2.32. The predicted molar refractivity (Wildman–Crippen MR) is 155 cm³/mol. The summed E-state index contributed by atoms with van der Waals surface area (Å²) in [6.45, 7) is 5.84. The number of ether oxygens (including phenoxy) is 6. The van der Waals surface area contributed by atoms with Gasteiger partial charge >= 0.3 is 0 Å². The third-order valence-corrected chi connectivity index (χ3v) is 7.56. The van der Waals surface area contributed by atoms with Crippen molar-refractivity contribution in [2.45, 2.75) is 88.9 Å². The molecule has 2 aliphatic rings. The Labute approximate surface area is 243 Å². The monoisotopic (exact) mass is 562 g/mol. The van der Waals surface area contributed by atoms with Crippen LogP contribution in [0.4, 0.5) is 0 Å². The molecule has 0 aromatic heterocycles. The molecule has 220 valence electrons. The van der Waals surface area contributed by atoms with E-state index in [-0.39, 0.29) is 6.10 Å². The average molecular weight is 563 g/mol. The van der Waals surface area contributed by atoms with Crippen molar-refractivity contribution in [3.63, 3.8) is 0 Å². The summed E-state index contributed by atoms with van der Waals surface area (Å²) in [7, 11) is 0. The molecule has 5 rings (SSSR count). The molecule has 41 heavy (non-hydrogen) atoms. The average Bonchev–Trinajstić information content (AvgIpc) is 3.35. The van der Waals surface area contributed by atoms with Gasteiger partial charge in [0.1, 0.15) is 24.4 Å². The molecule has 0 spiro atoms. The van der Waals surface area contributed by atoms with Gasteiger partial charge in [-0.15, -0.1) is 0 Å². The van der Waals surface area contributed by atoms with Crippen molar-refractivity contribution >= 4 is 0 Å². The summed E-state index contributed by atoms with van der Waals surface area (Å²) in [6, 6.07) is 30.0. The maximum absolute atomic E-state index is 11.6. The van der Waals surface area contributed by atoms with Crippen LogP contribution >= 0.6 is 0 Å². The standard InChI is InChI=1S/C34H42O7/c1-34(2)39-23-28(41-34)18-19-29-31(35)33(38-22-27-16-10-5-11-17-27)32(37-21-26-14-8-4-9-15-26)30(40-29)24-36-20-25-12-6-3-7-13-25/h3-17,28-33,35H,18-24H2,1-2H3/t28-,29-,30+,31-,32+,33+/m0/s1. The van der Waals surface area contributed by atoms with Crippen LogP contribution in [-0.4, -0.2) is 60.7 Å². The van der Waals surface area contributed by atoms with E-state index in [2.05, 4.69) is 0 Å². The van der Waals surface area contributed by atoms with Crippen molar-refractivity contribution in [3.8, 4) is 0 Å². The molecule has 0 unspecified atom stereocenters. The minimum atomic E-state index is -0.889. The summed E-state index contributed by atoms with van der Waals surface area (Å²) in [6.07, 6.45) is -1.70. The van der Waals surface area contributed by atoms with Crippen molar-refractivity contribution in [1.82, 2.24) is 0 Å². The highest BCUT2D eigenvalue weighted by molar-refractivity contribution is 5.15. The third kappa shape index (κ3) is 8.69. The summed E-state index contributed by atoms with van der Waals surface area (Å²) in [5, 5.41) is 11.6. The summed E-state index contributed by atoms with van der Waals surface area (Å²) in [5.41, 5.74) is 3.15. The van der Waals surface area contributed by atoms with Crippen molar-refractivity contribution in [3.05, 3.63) is 108 Å². The second-order valence-corrected chi connectivity index (χ2v) is 11.3. The van der Waals surface area contributed by atoms with E-state index in [4.69, 9.17) is 28.4 Å². The first kappa shape index (κ1) is 29.9. The van der Waals surface area contributed by atoms with Gasteiger partial charge in [0.25, 0.3) is 0 Å². The Kier molecular flexibility index (Phi) is 10.6. The first-order chi connectivity index (χ1) is 20.0. The second-order valence-electron chi connectivity index (χ2n) is 11.3. The van der Waals surface area contributed by atoms with Gasteiger partial charge in [-0.25, -0.2) is 0 Å². The first-order valence-corrected chi connectivity index (χ1v) is 14.5. The molecule has 0 bridgehead atoms. The molecular weight excluding hydrogens is 520 g/mol. The molecule has 2 saturated heterocycles. The van der Waals surface area contributed by atoms with Gasteiger partial charge < -0.3 is 33.5 Å². The largest absolute Gasteiger partial charge is 0.388 e. The van der Waals surface area contributed by atoms with Crippen LogP contribution in [-0.2, 0) is 48.2 Å². The quantitative estimate of drug-likeness (QED) is 0.298. The molecule has 0 aliphatic carbocycles. The zero-order chi connectivity index (χ0) is 28.5. The molecule has 7 heteroatoms. The van der Waals surface area contributed by atoms with Crippen molar-refractivity contribution in [2.75, 3.05) is 13.2 Å². The normalized spacial score (nSPS) is 27.6. The second kappa shape index (κ2) is 14.5. The highest BCUT2D eigenvalue weighted by atomic mass is 16.7. The van der Waals surface area contributed by atoms with E-state index in [1.165, 1.54) is 0 Å². The summed E-state index contributed by atoms with van der Waals surface area (Å²) in [5.74, 6) is -0.595. The highest BCUT2D eigenvalue weighted by Gasteiger charge is 2.47. The fourth-order valence-electron chi connectivity index (χ4n) is 5.42. The maximum atomic E-state index is 11.6. The lowest BCUT2D eigenvalue weighted by Crippen LogP contribution is -2.60. The van der Waals surface area contributed by atoms with Gasteiger partial charge in [-0.2, -0.15) is 0 Å². The van der Waals surface area contributed by atoms with E-state index in [9.17, 15) is 5.11 Å². The Bertz CT molecular complexity index is 1160. The molecule has 3 aromatic rings. The van der Waals surface area contributed by atoms with Crippen LogP contribution in [0.5, 0.6) is 0 Å². The number of rotatable bonds is 13. The molecule has 0 amide bonds. The molecule has 1 N–H and O–H groups in total. The Balaban J connectivity index is 1.32. The van der Waals surface area contributed by atoms with Gasteiger partial charge in [0.05, 0.1) is 45.2 Å². The summed E-state index contributed by atoms with van der Waals surface area (Å²) in [4.78, 5) is 0. The Hall–Kier alpha value is -2.62. The van der Waals surface area contributed by atoms with E-state index >= 15 is 0 Å². The number of hydrogen-bond donors (Lipinski definition) is 1. The maximum Gasteiger partial charge on any atom is 0.163 e. The molecule has 2 heterocycles. The molecular formula is C34H42O7. The van der Waals surface area contributed by atoms with Crippen LogP contribution in [0.3, 0.4) is 0 Å². The van der Waals surface area contributed by atoms with Crippen LogP contribution in [0, 0.1) is 0 Å². The van der Waals surface area contributed by atoms with Crippen LogP contribution < -0.4 is 0 Å². The van der Waals surface area contributed by atoms with Crippen LogP contribution in [0.2, 0.25) is 0 Å². The molecule has 7 nitrogen and oxygen atoms in total. The fraction of sp³-hybridized carbons (Fsp3) is 0.471. The lowest BCUT2D eigenvalue weighted by Gasteiger charge is -2.45. The fourth-order valence-corrected chi connectivity index (χ4v) is 5.42. The van der Waals surface area contributed by atoms with E-state index in [1.54, 1.807) is 0 Å². The van der Waals surface area contributed by atoms with Crippen LogP contribution in [0.1, 0.15) is 43.4 Å². The Morgan fingerprint density at radius 3 is 1.78 bits per heavy atom. The van der Waals surface area contributed by atoms with Gasteiger partial charge in [0, 0.05) is 0 Å².